The molecule has 5 heteroatoms. The van der Waals surface area contributed by atoms with Gasteiger partial charge in [0.25, 0.3) is 0 Å². The Bertz CT molecular complexity index is 523. The van der Waals surface area contributed by atoms with Crippen LogP contribution in [0.3, 0.4) is 0 Å². The van der Waals surface area contributed by atoms with Gasteiger partial charge in [-0.25, -0.2) is 0 Å². The molecule has 2 heterocycles. The zero-order chi connectivity index (χ0) is 12.5. The van der Waals surface area contributed by atoms with Crippen molar-refractivity contribution in [2.45, 2.75) is 6.42 Å². The Balaban J connectivity index is 1.78. The van der Waals surface area contributed by atoms with Crippen LogP contribution in [0, 0.1) is 0 Å². The topological polar surface area (TPSA) is 38.8 Å². The largest absolute Gasteiger partial charge is 0.454 e. The first-order chi connectivity index (χ1) is 8.74. The van der Waals surface area contributed by atoms with Crippen molar-refractivity contribution < 1.29 is 14.3 Å². The third kappa shape index (κ3) is 2.04. The maximum atomic E-state index is 11.7. The number of benzene rings is 1. The molecule has 0 aliphatic carbocycles. The maximum absolute atomic E-state index is 11.7. The van der Waals surface area contributed by atoms with Gasteiger partial charge in [-0.15, -0.1) is 0 Å². The summed E-state index contributed by atoms with van der Waals surface area (Å²) in [6.07, 6.45) is 4.40. The van der Waals surface area contributed by atoms with Crippen LogP contribution in [0.25, 0.3) is 6.08 Å². The third-order valence-corrected chi connectivity index (χ3v) is 3.32. The maximum Gasteiger partial charge on any atom is 0.246 e. The highest BCUT2D eigenvalue weighted by molar-refractivity contribution is 6.32. The zero-order valence-corrected chi connectivity index (χ0v) is 10.4. The first kappa shape index (κ1) is 11.4. The molecule has 1 amide bonds. The molecule has 0 radical (unpaired) electrons. The predicted octanol–water partition coefficient (Wildman–Crippen LogP) is 2.31. The fraction of sp³-hybridized carbons (Fsp3) is 0.308. The van der Waals surface area contributed by atoms with E-state index < -0.39 is 0 Å². The summed E-state index contributed by atoms with van der Waals surface area (Å²) in [6, 6.07) is 3.57. The van der Waals surface area contributed by atoms with Gasteiger partial charge in [0.1, 0.15) is 0 Å². The molecule has 1 fully saturated rings. The normalized spacial score (nSPS) is 17.1. The van der Waals surface area contributed by atoms with Crippen molar-refractivity contribution in [1.82, 2.24) is 4.90 Å². The number of carbonyl (C=O) groups is 1. The van der Waals surface area contributed by atoms with Gasteiger partial charge in [0.2, 0.25) is 12.7 Å². The van der Waals surface area contributed by atoms with E-state index in [2.05, 4.69) is 0 Å². The van der Waals surface area contributed by atoms with Crippen molar-refractivity contribution in [3.05, 3.63) is 28.8 Å². The molecule has 0 N–H and O–H groups in total. The number of halogens is 1. The lowest BCUT2D eigenvalue weighted by atomic mass is 10.1. The molecule has 0 bridgehead atoms. The Hall–Kier alpha value is -1.68. The van der Waals surface area contributed by atoms with E-state index in [1.54, 1.807) is 23.1 Å². The molecular formula is C13H12ClNO3. The summed E-state index contributed by atoms with van der Waals surface area (Å²) >= 11 is 6.06. The highest BCUT2D eigenvalue weighted by Gasteiger charge is 2.19. The Morgan fingerprint density at radius 3 is 2.89 bits per heavy atom. The number of ether oxygens (including phenoxy) is 2. The highest BCUT2D eigenvalue weighted by Crippen LogP contribution is 2.40. The lowest BCUT2D eigenvalue weighted by molar-refractivity contribution is -0.129. The standard InChI is InChI=1S/C13H12ClNO3/c14-10-6-9(7-11-13(10)18-8-17-11)2-3-12(16)15-4-1-5-15/h2-3,6-7H,1,4-5,8H2. The van der Waals surface area contributed by atoms with E-state index in [0.29, 0.717) is 16.5 Å². The predicted molar refractivity (Wildman–Crippen MR) is 67.8 cm³/mol. The van der Waals surface area contributed by atoms with Crippen molar-refractivity contribution >= 4 is 23.6 Å². The van der Waals surface area contributed by atoms with E-state index in [-0.39, 0.29) is 12.7 Å². The number of hydrogen-bond acceptors (Lipinski definition) is 3. The SMILES string of the molecule is O=C(C=Cc1cc(Cl)c2c(c1)OCO2)N1CCC1. The number of hydrogen-bond donors (Lipinski definition) is 0. The summed E-state index contributed by atoms with van der Waals surface area (Å²) in [4.78, 5) is 13.5. The molecule has 1 aromatic rings. The van der Waals surface area contributed by atoms with Gasteiger partial charge in [-0.3, -0.25) is 4.79 Å². The monoisotopic (exact) mass is 265 g/mol. The van der Waals surface area contributed by atoms with Crippen LogP contribution in [0.4, 0.5) is 0 Å². The minimum Gasteiger partial charge on any atom is -0.454 e. The number of nitrogens with zero attached hydrogens (tertiary/aromatic N) is 1. The number of carbonyl (C=O) groups excluding carboxylic acids is 1. The average molecular weight is 266 g/mol. The Morgan fingerprint density at radius 1 is 1.33 bits per heavy atom. The fourth-order valence-electron chi connectivity index (χ4n) is 1.89. The molecule has 18 heavy (non-hydrogen) atoms. The van der Waals surface area contributed by atoms with Gasteiger partial charge in [0.05, 0.1) is 5.02 Å². The second-order valence-corrected chi connectivity index (χ2v) is 4.66. The molecular weight excluding hydrogens is 254 g/mol. The Kier molecular flexibility index (Phi) is 2.88. The van der Waals surface area contributed by atoms with Crippen LogP contribution < -0.4 is 9.47 Å². The summed E-state index contributed by atoms with van der Waals surface area (Å²) in [5.41, 5.74) is 0.832. The van der Waals surface area contributed by atoms with E-state index in [0.717, 1.165) is 25.1 Å². The van der Waals surface area contributed by atoms with Crippen molar-refractivity contribution in [3.63, 3.8) is 0 Å². The quantitative estimate of drug-likeness (QED) is 0.771. The number of likely N-dealkylation sites (tertiary alicyclic amines) is 1. The second kappa shape index (κ2) is 4.53. The minimum absolute atomic E-state index is 0.0371. The minimum atomic E-state index is 0.0371. The molecule has 2 aliphatic rings. The molecule has 0 atom stereocenters. The lowest BCUT2D eigenvalue weighted by Gasteiger charge is -2.29. The van der Waals surface area contributed by atoms with Gasteiger partial charge >= 0.3 is 0 Å². The van der Waals surface area contributed by atoms with Crippen LogP contribution in [0.2, 0.25) is 5.02 Å². The van der Waals surface area contributed by atoms with Crippen molar-refractivity contribution in [2.75, 3.05) is 19.9 Å². The van der Waals surface area contributed by atoms with Crippen LogP contribution in [0.15, 0.2) is 18.2 Å². The van der Waals surface area contributed by atoms with E-state index in [1.807, 2.05) is 6.07 Å². The van der Waals surface area contributed by atoms with Crippen molar-refractivity contribution in [3.8, 4) is 11.5 Å². The molecule has 4 nitrogen and oxygen atoms in total. The molecule has 2 aliphatic heterocycles. The lowest BCUT2D eigenvalue weighted by Crippen LogP contribution is -2.40. The average Bonchev–Trinajstić information content (AvgIpc) is 2.72. The van der Waals surface area contributed by atoms with E-state index in [9.17, 15) is 4.79 Å². The molecule has 0 spiro atoms. The van der Waals surface area contributed by atoms with Gasteiger partial charge in [0.15, 0.2) is 11.5 Å². The molecule has 0 aromatic heterocycles. The summed E-state index contributed by atoms with van der Waals surface area (Å²) in [7, 11) is 0. The van der Waals surface area contributed by atoms with E-state index in [1.165, 1.54) is 0 Å². The third-order valence-electron chi connectivity index (χ3n) is 3.04. The summed E-state index contributed by atoms with van der Waals surface area (Å²) in [6.45, 7) is 1.89. The molecule has 0 saturated carbocycles. The highest BCUT2D eigenvalue weighted by atomic mass is 35.5. The van der Waals surface area contributed by atoms with E-state index >= 15 is 0 Å². The van der Waals surface area contributed by atoms with Crippen LogP contribution in [0.1, 0.15) is 12.0 Å². The van der Waals surface area contributed by atoms with Crippen LogP contribution in [-0.4, -0.2) is 30.7 Å². The van der Waals surface area contributed by atoms with Gasteiger partial charge in [-0.1, -0.05) is 11.6 Å². The first-order valence-corrected chi connectivity index (χ1v) is 6.18. The molecule has 3 rings (SSSR count). The number of amides is 1. The molecule has 0 unspecified atom stereocenters. The molecule has 94 valence electrons. The second-order valence-electron chi connectivity index (χ2n) is 4.25. The van der Waals surface area contributed by atoms with Crippen LogP contribution in [-0.2, 0) is 4.79 Å². The Labute approximate surface area is 110 Å². The zero-order valence-electron chi connectivity index (χ0n) is 9.69. The van der Waals surface area contributed by atoms with Gasteiger partial charge in [0, 0.05) is 19.2 Å². The molecule has 1 saturated heterocycles. The van der Waals surface area contributed by atoms with Gasteiger partial charge in [-0.05, 0) is 30.2 Å². The first-order valence-electron chi connectivity index (χ1n) is 5.80. The van der Waals surface area contributed by atoms with Crippen molar-refractivity contribution in [1.29, 1.82) is 0 Å². The fourth-order valence-corrected chi connectivity index (χ4v) is 2.17. The van der Waals surface area contributed by atoms with E-state index in [4.69, 9.17) is 21.1 Å². The molecule has 1 aromatic carbocycles. The summed E-state index contributed by atoms with van der Waals surface area (Å²) in [5, 5.41) is 0.501. The summed E-state index contributed by atoms with van der Waals surface area (Å²) in [5.74, 6) is 1.23. The van der Waals surface area contributed by atoms with Crippen LogP contribution in [0.5, 0.6) is 11.5 Å². The van der Waals surface area contributed by atoms with Crippen molar-refractivity contribution in [2.24, 2.45) is 0 Å². The van der Waals surface area contributed by atoms with Gasteiger partial charge < -0.3 is 14.4 Å². The Morgan fingerprint density at radius 2 is 2.17 bits per heavy atom. The van der Waals surface area contributed by atoms with Crippen LogP contribution >= 0.6 is 11.6 Å². The summed E-state index contributed by atoms with van der Waals surface area (Å²) < 4.78 is 10.5. The number of rotatable bonds is 2. The van der Waals surface area contributed by atoms with Gasteiger partial charge in [-0.2, -0.15) is 0 Å². The number of fused-ring (bicyclic) bond motifs is 1. The smallest absolute Gasteiger partial charge is 0.246 e.